The van der Waals surface area contributed by atoms with Gasteiger partial charge in [-0.15, -0.1) is 0 Å². The fourth-order valence-corrected chi connectivity index (χ4v) is 1.92. The number of hydrogen-bond acceptors (Lipinski definition) is 6. The standard InChI is InChI=1S/C12H4N4O2/c13-5-15-9-7-1-3-17-11(7)10(16-6-14)8-2-4-18-12(8)9/h1-4H. The summed E-state index contributed by atoms with van der Waals surface area (Å²) in [6.07, 6.45) is 6.36. The molecule has 84 valence electrons. The van der Waals surface area contributed by atoms with Gasteiger partial charge in [-0.25, -0.2) is 0 Å². The van der Waals surface area contributed by atoms with Crippen LogP contribution in [-0.2, 0) is 0 Å². The number of hydrogen-bond donors (Lipinski definition) is 0. The maximum absolute atomic E-state index is 8.72. The van der Waals surface area contributed by atoms with Crippen LogP contribution in [0.5, 0.6) is 0 Å². The monoisotopic (exact) mass is 236 g/mol. The minimum absolute atomic E-state index is 0.387. The summed E-state index contributed by atoms with van der Waals surface area (Å²) in [4.78, 5) is 7.47. The molecule has 1 aliphatic carbocycles. The molecule has 0 spiro atoms. The number of aliphatic imine (C=N–C) groups is 2. The van der Waals surface area contributed by atoms with Gasteiger partial charge in [0.05, 0.1) is 23.7 Å². The molecule has 0 fully saturated rings. The van der Waals surface area contributed by atoms with Crippen LogP contribution < -0.4 is 0 Å². The zero-order valence-corrected chi connectivity index (χ0v) is 8.91. The number of nitriles is 2. The fraction of sp³-hybridized carbons (Fsp3) is 0. The van der Waals surface area contributed by atoms with Gasteiger partial charge in [0.1, 0.15) is 11.4 Å². The molecule has 6 heteroatoms. The van der Waals surface area contributed by atoms with Crippen molar-refractivity contribution in [2.45, 2.75) is 0 Å². The van der Waals surface area contributed by atoms with Crippen LogP contribution in [0.15, 0.2) is 43.5 Å². The number of furan rings is 2. The topological polar surface area (TPSA) is 98.6 Å². The first kappa shape index (κ1) is 10.1. The summed E-state index contributed by atoms with van der Waals surface area (Å²) in [5, 5.41) is 17.4. The highest BCUT2D eigenvalue weighted by Crippen LogP contribution is 2.29. The van der Waals surface area contributed by atoms with Gasteiger partial charge in [0.15, 0.2) is 11.5 Å². The molecule has 2 heterocycles. The van der Waals surface area contributed by atoms with Crippen LogP contribution in [0.4, 0.5) is 0 Å². The lowest BCUT2D eigenvalue weighted by molar-refractivity contribution is 0.547. The molecule has 0 aliphatic heterocycles. The lowest BCUT2D eigenvalue weighted by atomic mass is 9.93. The third-order valence-corrected chi connectivity index (χ3v) is 2.59. The average molecular weight is 236 g/mol. The predicted octanol–water partition coefficient (Wildman–Crippen LogP) is 1.82. The molecule has 3 rings (SSSR count). The summed E-state index contributed by atoms with van der Waals surface area (Å²) in [5.74, 6) is 0.832. The molecule has 0 saturated heterocycles. The van der Waals surface area contributed by atoms with E-state index in [9.17, 15) is 0 Å². The van der Waals surface area contributed by atoms with Gasteiger partial charge in [-0.1, -0.05) is 0 Å². The maximum Gasteiger partial charge on any atom is 0.206 e. The van der Waals surface area contributed by atoms with Crippen molar-refractivity contribution in [3.8, 4) is 12.4 Å². The van der Waals surface area contributed by atoms with Crippen LogP contribution in [0.25, 0.3) is 0 Å². The molecule has 0 N–H and O–H groups in total. The van der Waals surface area contributed by atoms with Gasteiger partial charge in [-0.2, -0.15) is 20.5 Å². The Balaban J connectivity index is 2.37. The lowest BCUT2D eigenvalue weighted by Gasteiger charge is -2.12. The van der Waals surface area contributed by atoms with Crippen LogP contribution >= 0.6 is 0 Å². The molecular formula is C12H4N4O2. The Bertz CT molecular complexity index is 657. The molecule has 2 aromatic heterocycles. The molecular weight excluding hydrogens is 232 g/mol. The zero-order valence-electron chi connectivity index (χ0n) is 8.91. The second-order valence-electron chi connectivity index (χ2n) is 3.45. The summed E-state index contributed by atoms with van der Waals surface area (Å²) in [5.41, 5.74) is 1.96. The van der Waals surface area contributed by atoms with Crippen molar-refractivity contribution in [2.75, 3.05) is 0 Å². The number of fused-ring (bicyclic) bond motifs is 2. The van der Waals surface area contributed by atoms with E-state index in [0.29, 0.717) is 34.1 Å². The quantitative estimate of drug-likeness (QED) is 0.556. The van der Waals surface area contributed by atoms with Crippen molar-refractivity contribution in [3.63, 3.8) is 0 Å². The third kappa shape index (κ3) is 1.20. The van der Waals surface area contributed by atoms with Gasteiger partial charge < -0.3 is 8.83 Å². The highest BCUT2D eigenvalue weighted by molar-refractivity contribution is 6.29. The summed E-state index contributed by atoms with van der Waals surface area (Å²) >= 11 is 0. The van der Waals surface area contributed by atoms with Gasteiger partial charge in [0.2, 0.25) is 12.4 Å². The van der Waals surface area contributed by atoms with Gasteiger partial charge >= 0.3 is 0 Å². The van der Waals surface area contributed by atoms with Crippen molar-refractivity contribution in [1.82, 2.24) is 0 Å². The van der Waals surface area contributed by atoms with E-state index in [1.165, 1.54) is 12.5 Å². The van der Waals surface area contributed by atoms with Gasteiger partial charge in [0.25, 0.3) is 0 Å². The van der Waals surface area contributed by atoms with Crippen molar-refractivity contribution < 1.29 is 8.83 Å². The van der Waals surface area contributed by atoms with E-state index in [1.54, 1.807) is 24.5 Å². The van der Waals surface area contributed by atoms with Gasteiger partial charge in [-0.3, -0.25) is 0 Å². The van der Waals surface area contributed by atoms with Gasteiger partial charge in [-0.05, 0) is 12.1 Å². The fourth-order valence-electron chi connectivity index (χ4n) is 1.92. The maximum atomic E-state index is 8.72. The van der Waals surface area contributed by atoms with Crippen molar-refractivity contribution in [2.24, 2.45) is 9.98 Å². The number of rotatable bonds is 0. The highest BCUT2D eigenvalue weighted by atomic mass is 16.3. The second kappa shape index (κ2) is 3.72. The SMILES string of the molecule is N#CN=C1c2ccoc2C(=NC#N)c2ccoc21. The van der Waals surface area contributed by atoms with Crippen LogP contribution in [0, 0.1) is 22.9 Å². The Labute approximate surface area is 101 Å². The summed E-state index contributed by atoms with van der Waals surface area (Å²) in [7, 11) is 0. The van der Waals surface area contributed by atoms with Crippen LogP contribution in [0.3, 0.4) is 0 Å². The highest BCUT2D eigenvalue weighted by Gasteiger charge is 2.32. The molecule has 0 saturated carbocycles. The first-order chi connectivity index (χ1) is 8.86. The van der Waals surface area contributed by atoms with E-state index in [-0.39, 0.29) is 0 Å². The Kier molecular flexibility index (Phi) is 2.08. The smallest absolute Gasteiger partial charge is 0.206 e. The van der Waals surface area contributed by atoms with Crippen LogP contribution in [-0.4, -0.2) is 11.4 Å². The molecule has 18 heavy (non-hydrogen) atoms. The molecule has 2 aromatic rings. The third-order valence-electron chi connectivity index (χ3n) is 2.59. The molecule has 6 nitrogen and oxygen atoms in total. The van der Waals surface area contributed by atoms with Crippen molar-refractivity contribution >= 4 is 11.4 Å². The summed E-state index contributed by atoms with van der Waals surface area (Å²) < 4.78 is 10.6. The molecule has 0 aromatic carbocycles. The normalized spacial score (nSPS) is 17.0. The first-order valence-electron chi connectivity index (χ1n) is 4.97. The molecule has 0 radical (unpaired) electrons. The average Bonchev–Trinajstić information content (AvgIpc) is 3.01. The van der Waals surface area contributed by atoms with Gasteiger partial charge in [0, 0.05) is 0 Å². The van der Waals surface area contributed by atoms with E-state index in [4.69, 9.17) is 19.4 Å². The molecule has 0 amide bonds. The molecule has 0 unspecified atom stereocenters. The lowest BCUT2D eigenvalue weighted by Crippen LogP contribution is -2.18. The predicted molar refractivity (Wildman–Crippen MR) is 59.9 cm³/mol. The Hall–Kier alpha value is -3.12. The molecule has 1 aliphatic rings. The van der Waals surface area contributed by atoms with E-state index >= 15 is 0 Å². The zero-order chi connectivity index (χ0) is 12.5. The Morgan fingerprint density at radius 2 is 1.28 bits per heavy atom. The summed E-state index contributed by atoms with van der Waals surface area (Å²) in [6, 6.07) is 3.31. The Morgan fingerprint density at radius 3 is 1.67 bits per heavy atom. The van der Waals surface area contributed by atoms with E-state index in [0.717, 1.165) is 0 Å². The van der Waals surface area contributed by atoms with Crippen molar-refractivity contribution in [1.29, 1.82) is 10.5 Å². The number of nitrogens with zero attached hydrogens (tertiary/aromatic N) is 4. The van der Waals surface area contributed by atoms with Crippen molar-refractivity contribution in [3.05, 3.63) is 47.3 Å². The van der Waals surface area contributed by atoms with E-state index in [2.05, 4.69) is 9.98 Å². The minimum Gasteiger partial charge on any atom is -0.462 e. The second-order valence-corrected chi connectivity index (χ2v) is 3.45. The summed E-state index contributed by atoms with van der Waals surface area (Å²) in [6.45, 7) is 0. The molecule has 0 bridgehead atoms. The minimum atomic E-state index is 0.387. The van der Waals surface area contributed by atoms with E-state index < -0.39 is 0 Å². The molecule has 0 atom stereocenters. The first-order valence-corrected chi connectivity index (χ1v) is 4.97. The van der Waals surface area contributed by atoms with Crippen LogP contribution in [0.2, 0.25) is 0 Å². The Morgan fingerprint density at radius 1 is 0.833 bits per heavy atom. The van der Waals surface area contributed by atoms with E-state index in [1.807, 2.05) is 0 Å². The largest absolute Gasteiger partial charge is 0.462 e. The van der Waals surface area contributed by atoms with Crippen LogP contribution in [0.1, 0.15) is 22.6 Å².